The summed E-state index contributed by atoms with van der Waals surface area (Å²) in [7, 11) is 0. The number of carbonyl (C=O) groups is 1. The first-order valence-corrected chi connectivity index (χ1v) is 12.3. The third kappa shape index (κ3) is 4.96. The van der Waals surface area contributed by atoms with Gasteiger partial charge in [-0.05, 0) is 37.8 Å². The highest BCUT2D eigenvalue weighted by Gasteiger charge is 2.45. The van der Waals surface area contributed by atoms with Crippen molar-refractivity contribution in [3.8, 4) is 0 Å². The minimum Gasteiger partial charge on any atom is -0.369 e. The van der Waals surface area contributed by atoms with Gasteiger partial charge in [0.1, 0.15) is 5.52 Å². The number of halogens is 5. The summed E-state index contributed by atoms with van der Waals surface area (Å²) in [6, 6.07) is 2.70. The molecule has 2 aliphatic rings. The molecule has 4 N–H and O–H groups in total. The molecule has 2 aromatic heterocycles. The normalized spacial score (nSPS) is 22.1. The van der Waals surface area contributed by atoms with Crippen molar-refractivity contribution >= 4 is 69.5 Å². The quantitative estimate of drug-likeness (QED) is 0.353. The van der Waals surface area contributed by atoms with Gasteiger partial charge in [0.15, 0.2) is 5.65 Å². The fourth-order valence-electron chi connectivity index (χ4n) is 4.73. The number of nitrogens with zero attached hydrogens (tertiary/aromatic N) is 4. The van der Waals surface area contributed by atoms with Gasteiger partial charge in [0.05, 0.1) is 21.9 Å². The second kappa shape index (κ2) is 9.22. The molecule has 0 unspecified atom stereocenters. The lowest BCUT2D eigenvalue weighted by Crippen LogP contribution is -2.44. The fourth-order valence-corrected chi connectivity index (χ4v) is 5.64. The molecule has 0 aliphatic heterocycles. The molecule has 35 heavy (non-hydrogen) atoms. The van der Waals surface area contributed by atoms with E-state index in [2.05, 4.69) is 25.6 Å². The van der Waals surface area contributed by atoms with Crippen LogP contribution < -0.4 is 16.4 Å². The largest absolute Gasteiger partial charge is 0.369 e. The van der Waals surface area contributed by atoms with Crippen LogP contribution in [0.1, 0.15) is 44.6 Å². The van der Waals surface area contributed by atoms with Gasteiger partial charge in [-0.2, -0.15) is 4.98 Å². The molecule has 186 valence electrons. The van der Waals surface area contributed by atoms with E-state index in [4.69, 9.17) is 40.5 Å². The first-order valence-electron chi connectivity index (χ1n) is 11.2. The molecule has 2 aliphatic carbocycles. The summed E-state index contributed by atoms with van der Waals surface area (Å²) in [5.41, 5.74) is 6.98. The van der Waals surface area contributed by atoms with E-state index in [1.807, 2.05) is 4.57 Å². The predicted molar refractivity (Wildman–Crippen MR) is 132 cm³/mol. The number of nitrogens with two attached hydrogens (primary N) is 1. The Bertz CT molecular complexity index is 1260. The van der Waals surface area contributed by atoms with Crippen LogP contribution in [-0.2, 0) is 4.79 Å². The molecule has 5 rings (SSSR count). The number of imidazole rings is 1. The standard InChI is InChI=1S/C22H22Cl3F2N7O/c23-11-5-14(24)17(15(25)6-11)32-21-31-16-9-29-20(30-12-7-22(26,27)8-12)33-19(16)34(21)13-3-1-10(2-4-13)18(28)35/h5-6,9-10,12-13H,1-4,7-8H2,(H2,28,35)(H,31,32)(H,29,30,33)/t10-,13-. The Kier molecular flexibility index (Phi) is 6.39. The predicted octanol–water partition coefficient (Wildman–Crippen LogP) is 5.96. The highest BCUT2D eigenvalue weighted by Crippen LogP contribution is 2.41. The minimum absolute atomic E-state index is 0.0428. The zero-order valence-corrected chi connectivity index (χ0v) is 20.6. The average molecular weight is 545 g/mol. The fraction of sp³-hybridized carbons (Fsp3) is 0.455. The van der Waals surface area contributed by atoms with Crippen molar-refractivity contribution in [2.75, 3.05) is 10.6 Å². The highest BCUT2D eigenvalue weighted by molar-refractivity contribution is 6.41. The Morgan fingerprint density at radius 3 is 2.34 bits per heavy atom. The van der Waals surface area contributed by atoms with E-state index in [0.29, 0.717) is 63.6 Å². The highest BCUT2D eigenvalue weighted by atomic mass is 35.5. The summed E-state index contributed by atoms with van der Waals surface area (Å²) in [6.45, 7) is 0. The Labute approximate surface area is 214 Å². The number of fused-ring (bicyclic) bond motifs is 1. The van der Waals surface area contributed by atoms with Crippen LogP contribution in [0.2, 0.25) is 15.1 Å². The lowest BCUT2D eigenvalue weighted by atomic mass is 9.85. The van der Waals surface area contributed by atoms with Crippen molar-refractivity contribution in [1.29, 1.82) is 0 Å². The van der Waals surface area contributed by atoms with Crippen LogP contribution in [0, 0.1) is 5.92 Å². The second-order valence-corrected chi connectivity index (χ2v) is 10.3. The summed E-state index contributed by atoms with van der Waals surface area (Å²) in [5.74, 6) is -2.45. The molecule has 2 heterocycles. The maximum Gasteiger partial charge on any atom is 0.252 e. The molecule has 0 saturated heterocycles. The molecular weight excluding hydrogens is 523 g/mol. The summed E-state index contributed by atoms with van der Waals surface area (Å²) < 4.78 is 28.5. The van der Waals surface area contributed by atoms with Crippen LogP contribution in [-0.4, -0.2) is 37.4 Å². The molecule has 3 aromatic rings. The second-order valence-electron chi connectivity index (χ2n) is 9.09. The molecule has 1 aromatic carbocycles. The van der Waals surface area contributed by atoms with Crippen molar-refractivity contribution in [2.24, 2.45) is 11.7 Å². The van der Waals surface area contributed by atoms with Crippen LogP contribution in [0.3, 0.4) is 0 Å². The van der Waals surface area contributed by atoms with Crippen molar-refractivity contribution < 1.29 is 13.6 Å². The summed E-state index contributed by atoms with van der Waals surface area (Å²) >= 11 is 18.8. The van der Waals surface area contributed by atoms with Crippen LogP contribution >= 0.6 is 34.8 Å². The monoisotopic (exact) mass is 543 g/mol. The Morgan fingerprint density at radius 1 is 1.09 bits per heavy atom. The number of aromatic nitrogens is 4. The molecule has 2 fully saturated rings. The number of amides is 1. The number of benzene rings is 1. The number of nitrogens with one attached hydrogen (secondary N) is 2. The Hall–Kier alpha value is -2.43. The summed E-state index contributed by atoms with van der Waals surface area (Å²) in [5, 5.41) is 7.21. The number of hydrogen-bond donors (Lipinski definition) is 3. The van der Waals surface area contributed by atoms with Gasteiger partial charge >= 0.3 is 0 Å². The van der Waals surface area contributed by atoms with Gasteiger partial charge in [-0.15, -0.1) is 0 Å². The number of primary amides is 1. The Balaban J connectivity index is 1.51. The molecular formula is C22H22Cl3F2N7O. The van der Waals surface area contributed by atoms with E-state index >= 15 is 0 Å². The number of carbonyl (C=O) groups excluding carboxylic acids is 1. The molecule has 0 bridgehead atoms. The smallest absolute Gasteiger partial charge is 0.252 e. The van der Waals surface area contributed by atoms with Gasteiger partial charge in [-0.25, -0.2) is 18.7 Å². The van der Waals surface area contributed by atoms with E-state index in [1.165, 1.54) is 0 Å². The van der Waals surface area contributed by atoms with E-state index in [9.17, 15) is 13.6 Å². The Morgan fingerprint density at radius 2 is 1.74 bits per heavy atom. The molecule has 0 radical (unpaired) electrons. The van der Waals surface area contributed by atoms with Crippen molar-refractivity contribution in [1.82, 2.24) is 19.5 Å². The number of hydrogen-bond acceptors (Lipinski definition) is 6. The maximum atomic E-state index is 13.3. The van der Waals surface area contributed by atoms with Crippen molar-refractivity contribution in [3.63, 3.8) is 0 Å². The first kappa shape index (κ1) is 24.3. The zero-order chi connectivity index (χ0) is 24.9. The zero-order valence-electron chi connectivity index (χ0n) is 18.4. The molecule has 13 heteroatoms. The van der Waals surface area contributed by atoms with Crippen LogP contribution in [0.15, 0.2) is 18.3 Å². The molecule has 0 atom stereocenters. The maximum absolute atomic E-state index is 13.3. The van der Waals surface area contributed by atoms with Crippen LogP contribution in [0.25, 0.3) is 11.2 Å². The molecule has 2 saturated carbocycles. The van der Waals surface area contributed by atoms with Gasteiger partial charge in [0, 0.05) is 35.9 Å². The molecule has 1 amide bonds. The van der Waals surface area contributed by atoms with E-state index in [0.717, 1.165) is 0 Å². The number of anilines is 3. The van der Waals surface area contributed by atoms with E-state index in [-0.39, 0.29) is 36.7 Å². The lowest BCUT2D eigenvalue weighted by Gasteiger charge is -2.35. The van der Waals surface area contributed by atoms with Gasteiger partial charge < -0.3 is 16.4 Å². The lowest BCUT2D eigenvalue weighted by molar-refractivity contribution is -0.122. The molecule has 0 spiro atoms. The van der Waals surface area contributed by atoms with Gasteiger partial charge in [-0.1, -0.05) is 34.8 Å². The van der Waals surface area contributed by atoms with E-state index in [1.54, 1.807) is 18.3 Å². The topological polar surface area (TPSA) is 111 Å². The third-order valence-electron chi connectivity index (χ3n) is 6.56. The van der Waals surface area contributed by atoms with Crippen molar-refractivity contribution in [3.05, 3.63) is 33.4 Å². The summed E-state index contributed by atoms with van der Waals surface area (Å²) in [6.07, 6.45) is 3.65. The number of rotatable bonds is 6. The SMILES string of the molecule is NC(=O)[C@H]1CC[C@H](n2c(Nc3c(Cl)cc(Cl)cc3Cl)nc3cnc(NC4CC(F)(F)C4)nc32)CC1. The molecule has 8 nitrogen and oxygen atoms in total. The first-order chi connectivity index (χ1) is 16.6. The minimum atomic E-state index is -2.66. The van der Waals surface area contributed by atoms with Gasteiger partial charge in [-0.3, -0.25) is 9.36 Å². The summed E-state index contributed by atoms with van der Waals surface area (Å²) in [4.78, 5) is 25.2. The van der Waals surface area contributed by atoms with Crippen molar-refractivity contribution in [2.45, 2.75) is 56.5 Å². The van der Waals surface area contributed by atoms with Gasteiger partial charge in [0.2, 0.25) is 17.8 Å². The third-order valence-corrected chi connectivity index (χ3v) is 7.38. The van der Waals surface area contributed by atoms with Gasteiger partial charge in [0.25, 0.3) is 5.92 Å². The van der Waals surface area contributed by atoms with E-state index < -0.39 is 12.0 Å². The van der Waals surface area contributed by atoms with Crippen LogP contribution in [0.5, 0.6) is 0 Å². The van der Waals surface area contributed by atoms with Crippen LogP contribution in [0.4, 0.5) is 26.4 Å². The number of alkyl halides is 2. The average Bonchev–Trinajstić information content (AvgIpc) is 3.12.